The third-order valence-corrected chi connectivity index (χ3v) is 8.86. The second-order valence-electron chi connectivity index (χ2n) is 9.65. The van der Waals surface area contributed by atoms with E-state index in [-0.39, 0.29) is 10.8 Å². The number of fused-ring (bicyclic) bond motifs is 5. The lowest BCUT2D eigenvalue weighted by molar-refractivity contribution is -0.125. The van der Waals surface area contributed by atoms with E-state index in [1.165, 1.54) is 12.0 Å². The first-order chi connectivity index (χ1) is 11.2. The summed E-state index contributed by atoms with van der Waals surface area (Å²) in [6, 6.07) is 0. The predicted molar refractivity (Wildman–Crippen MR) is 96.4 cm³/mol. The van der Waals surface area contributed by atoms with Crippen LogP contribution in [0.15, 0.2) is 24.3 Å². The fraction of sp³-hybridized carbons (Fsp3) is 0.773. The number of carbonyl (C=O) groups is 1. The maximum atomic E-state index is 12.0. The Labute approximate surface area is 146 Å². The topological polar surface area (TPSA) is 37.3 Å². The Morgan fingerprint density at radius 1 is 1.21 bits per heavy atom. The van der Waals surface area contributed by atoms with Crippen LogP contribution in [-0.4, -0.2) is 16.5 Å². The summed E-state index contributed by atoms with van der Waals surface area (Å²) in [5.74, 6) is 2.87. The van der Waals surface area contributed by atoms with Crippen molar-refractivity contribution in [3.8, 4) is 0 Å². The monoisotopic (exact) mass is 328 g/mol. The van der Waals surface area contributed by atoms with Gasteiger partial charge >= 0.3 is 0 Å². The van der Waals surface area contributed by atoms with Crippen LogP contribution in [0, 0.1) is 34.5 Å². The van der Waals surface area contributed by atoms with Crippen LogP contribution in [0.25, 0.3) is 0 Å². The molecule has 0 aromatic carbocycles. The Morgan fingerprint density at radius 2 is 1.92 bits per heavy atom. The lowest BCUT2D eigenvalue weighted by Gasteiger charge is -2.60. The summed E-state index contributed by atoms with van der Waals surface area (Å²) in [7, 11) is 0. The maximum Gasteiger partial charge on any atom is 0.155 e. The number of hydrogen-bond donors (Lipinski definition) is 1. The number of aliphatic hydroxyl groups is 1. The smallest absolute Gasteiger partial charge is 0.155 e. The molecule has 1 N–H and O–H groups in total. The molecule has 0 bridgehead atoms. The van der Waals surface area contributed by atoms with Crippen molar-refractivity contribution in [2.45, 2.75) is 71.3 Å². The van der Waals surface area contributed by atoms with Gasteiger partial charge in [-0.2, -0.15) is 0 Å². The molecule has 0 saturated heterocycles. The van der Waals surface area contributed by atoms with Crippen LogP contribution in [-0.2, 0) is 4.79 Å². The van der Waals surface area contributed by atoms with Crippen molar-refractivity contribution in [3.63, 3.8) is 0 Å². The number of ketones is 1. The summed E-state index contributed by atoms with van der Waals surface area (Å²) in [5, 5.41) is 11.2. The van der Waals surface area contributed by atoms with Crippen LogP contribution in [0.2, 0.25) is 0 Å². The van der Waals surface area contributed by atoms with Gasteiger partial charge in [0.25, 0.3) is 0 Å². The molecule has 0 heterocycles. The van der Waals surface area contributed by atoms with E-state index in [0.29, 0.717) is 29.5 Å². The van der Waals surface area contributed by atoms with Gasteiger partial charge in [0.05, 0.1) is 5.60 Å². The number of hydrogen-bond acceptors (Lipinski definition) is 2. The zero-order valence-electron chi connectivity index (χ0n) is 15.5. The van der Waals surface area contributed by atoms with Crippen molar-refractivity contribution in [1.82, 2.24) is 0 Å². The van der Waals surface area contributed by atoms with Gasteiger partial charge in [0, 0.05) is 11.8 Å². The molecule has 3 saturated carbocycles. The Balaban J connectivity index is 1.75. The molecule has 7 atom stereocenters. The van der Waals surface area contributed by atoms with Gasteiger partial charge in [-0.25, -0.2) is 0 Å². The standard InChI is InChI=1S/C22H32O2/c1-5-22(24)11-8-18-19-14(2)12-15-13-16(23)6-9-20(15,3)17(19)7-10-21(18,22)4/h5,13-14,17-19,24H,1,6-12H2,2-4H3/t14?,17-,18+,19-,20+,21+,22?/m1/s1. The number of rotatable bonds is 1. The quantitative estimate of drug-likeness (QED) is 0.710. The molecule has 0 radical (unpaired) electrons. The Kier molecular flexibility index (Phi) is 3.50. The molecule has 2 unspecified atom stereocenters. The second-order valence-corrected chi connectivity index (χ2v) is 9.65. The minimum Gasteiger partial charge on any atom is -0.385 e. The van der Waals surface area contributed by atoms with Crippen molar-refractivity contribution in [3.05, 3.63) is 24.3 Å². The Hall–Kier alpha value is -0.890. The van der Waals surface area contributed by atoms with E-state index < -0.39 is 5.60 Å². The summed E-state index contributed by atoms with van der Waals surface area (Å²) in [4.78, 5) is 12.0. The average Bonchev–Trinajstić information content (AvgIpc) is 2.82. The van der Waals surface area contributed by atoms with Gasteiger partial charge in [-0.05, 0) is 73.7 Å². The highest BCUT2D eigenvalue weighted by Gasteiger charge is 2.64. The number of carbonyl (C=O) groups excluding carboxylic acids is 1. The van der Waals surface area contributed by atoms with E-state index in [0.717, 1.165) is 38.5 Å². The third-order valence-electron chi connectivity index (χ3n) is 8.86. The van der Waals surface area contributed by atoms with Gasteiger partial charge in [0.15, 0.2) is 5.78 Å². The van der Waals surface area contributed by atoms with E-state index in [1.807, 2.05) is 12.2 Å². The molecule has 0 spiro atoms. The SMILES string of the molecule is C=CC1(O)CC[C@H]2[C@@H]3C(C)CC4=CC(=O)CC[C@]4(C)[C@@H]3CC[C@@]21C. The van der Waals surface area contributed by atoms with Crippen molar-refractivity contribution < 1.29 is 9.90 Å². The number of allylic oxidation sites excluding steroid dienone is 1. The van der Waals surface area contributed by atoms with E-state index in [4.69, 9.17) is 0 Å². The average molecular weight is 328 g/mol. The first-order valence-electron chi connectivity index (χ1n) is 9.85. The van der Waals surface area contributed by atoms with Crippen molar-refractivity contribution in [1.29, 1.82) is 0 Å². The van der Waals surface area contributed by atoms with E-state index in [9.17, 15) is 9.90 Å². The van der Waals surface area contributed by atoms with Crippen molar-refractivity contribution in [2.75, 3.05) is 0 Å². The summed E-state index contributed by atoms with van der Waals surface area (Å²) in [5.41, 5.74) is 0.920. The molecular formula is C22H32O2. The molecule has 3 fully saturated rings. The molecule has 4 aliphatic rings. The van der Waals surface area contributed by atoms with Gasteiger partial charge < -0.3 is 5.11 Å². The van der Waals surface area contributed by atoms with Crippen LogP contribution in [0.5, 0.6) is 0 Å². The summed E-state index contributed by atoms with van der Waals surface area (Å²) in [6.45, 7) is 11.1. The lowest BCUT2D eigenvalue weighted by atomic mass is 9.44. The van der Waals surface area contributed by atoms with Gasteiger partial charge in [-0.1, -0.05) is 32.4 Å². The molecular weight excluding hydrogens is 296 g/mol. The second kappa shape index (κ2) is 5.06. The predicted octanol–water partition coefficient (Wildman–Crippen LogP) is 4.68. The fourth-order valence-corrected chi connectivity index (χ4v) is 7.29. The molecule has 132 valence electrons. The molecule has 0 amide bonds. The van der Waals surface area contributed by atoms with Crippen LogP contribution in [0.4, 0.5) is 0 Å². The van der Waals surface area contributed by atoms with Crippen LogP contribution >= 0.6 is 0 Å². The summed E-state index contributed by atoms with van der Waals surface area (Å²) < 4.78 is 0. The zero-order chi connectivity index (χ0) is 17.3. The van der Waals surface area contributed by atoms with E-state index in [1.54, 1.807) is 0 Å². The van der Waals surface area contributed by atoms with E-state index >= 15 is 0 Å². The molecule has 24 heavy (non-hydrogen) atoms. The van der Waals surface area contributed by atoms with Gasteiger partial charge in [0.1, 0.15) is 0 Å². The van der Waals surface area contributed by atoms with Gasteiger partial charge in [0.2, 0.25) is 0 Å². The molecule has 4 rings (SSSR count). The van der Waals surface area contributed by atoms with Crippen LogP contribution in [0.3, 0.4) is 0 Å². The molecule has 2 heteroatoms. The summed E-state index contributed by atoms with van der Waals surface area (Å²) >= 11 is 0. The molecule has 0 aromatic heterocycles. The van der Waals surface area contributed by atoms with Crippen LogP contribution < -0.4 is 0 Å². The van der Waals surface area contributed by atoms with Gasteiger partial charge in [-0.3, -0.25) is 4.79 Å². The third kappa shape index (κ3) is 1.90. The minimum atomic E-state index is -0.693. The summed E-state index contributed by atoms with van der Waals surface area (Å²) in [6.07, 6.45) is 10.9. The lowest BCUT2D eigenvalue weighted by Crippen LogP contribution is -2.56. The first-order valence-corrected chi connectivity index (χ1v) is 9.85. The highest BCUT2D eigenvalue weighted by atomic mass is 16.3. The molecule has 0 aromatic rings. The highest BCUT2D eigenvalue weighted by molar-refractivity contribution is 5.91. The first kappa shape index (κ1) is 16.6. The fourth-order valence-electron chi connectivity index (χ4n) is 7.29. The Morgan fingerprint density at radius 3 is 2.62 bits per heavy atom. The van der Waals surface area contributed by atoms with Crippen molar-refractivity contribution in [2.24, 2.45) is 34.5 Å². The molecule has 4 aliphatic carbocycles. The zero-order valence-corrected chi connectivity index (χ0v) is 15.5. The van der Waals surface area contributed by atoms with Gasteiger partial charge in [-0.15, -0.1) is 6.58 Å². The highest BCUT2D eigenvalue weighted by Crippen LogP contribution is 2.68. The largest absolute Gasteiger partial charge is 0.385 e. The van der Waals surface area contributed by atoms with Crippen LogP contribution in [0.1, 0.15) is 65.7 Å². The maximum absolute atomic E-state index is 12.0. The minimum absolute atomic E-state index is 0.0216. The Bertz CT molecular complexity index is 619. The molecule has 2 nitrogen and oxygen atoms in total. The molecule has 0 aliphatic heterocycles. The van der Waals surface area contributed by atoms with Crippen molar-refractivity contribution >= 4 is 5.78 Å². The normalized spacial score (nSPS) is 53.7. The van der Waals surface area contributed by atoms with E-state index in [2.05, 4.69) is 27.4 Å².